The van der Waals surface area contributed by atoms with Crippen molar-refractivity contribution in [2.45, 2.75) is 44.3 Å². The quantitative estimate of drug-likeness (QED) is 0.878. The van der Waals surface area contributed by atoms with E-state index < -0.39 is 23.3 Å². The third-order valence-electron chi connectivity index (χ3n) is 3.53. The average Bonchev–Trinajstić information content (AvgIpc) is 2.38. The fourth-order valence-corrected chi connectivity index (χ4v) is 2.54. The minimum atomic E-state index is -4.67. The number of hydrogen-bond acceptors (Lipinski definition) is 2. The van der Waals surface area contributed by atoms with Crippen molar-refractivity contribution in [1.82, 2.24) is 0 Å². The first-order chi connectivity index (χ1) is 9.38. The summed E-state index contributed by atoms with van der Waals surface area (Å²) in [6, 6.07) is 3.46. The van der Waals surface area contributed by atoms with Crippen LogP contribution < -0.4 is 5.32 Å². The number of anilines is 1. The molecule has 1 fully saturated rings. The second-order valence-corrected chi connectivity index (χ2v) is 5.04. The highest BCUT2D eigenvalue weighted by atomic mass is 19.4. The summed E-state index contributed by atoms with van der Waals surface area (Å²) in [5.74, 6) is -1.57. The summed E-state index contributed by atoms with van der Waals surface area (Å²) in [4.78, 5) is 10.8. The molecule has 0 atom stereocenters. The highest BCUT2D eigenvalue weighted by Gasteiger charge is 2.35. The summed E-state index contributed by atoms with van der Waals surface area (Å²) in [6.07, 6.45) is 0.486. The smallest absolute Gasteiger partial charge is 0.417 e. The maximum atomic E-state index is 12.9. The predicted octanol–water partition coefficient (Wildman–Crippen LogP) is 4.15. The van der Waals surface area contributed by atoms with Crippen molar-refractivity contribution in [3.05, 3.63) is 29.3 Å². The van der Waals surface area contributed by atoms with Crippen molar-refractivity contribution in [3.63, 3.8) is 0 Å². The molecule has 1 aromatic rings. The van der Waals surface area contributed by atoms with Gasteiger partial charge in [0, 0.05) is 11.7 Å². The highest BCUT2D eigenvalue weighted by molar-refractivity contribution is 5.90. The van der Waals surface area contributed by atoms with Gasteiger partial charge in [-0.15, -0.1) is 0 Å². The number of aromatic carboxylic acids is 1. The SMILES string of the molecule is O=C(O)c1ccc(NC2CCCCC2)cc1C(F)(F)F. The number of alkyl halides is 3. The zero-order valence-corrected chi connectivity index (χ0v) is 10.8. The molecule has 3 nitrogen and oxygen atoms in total. The summed E-state index contributed by atoms with van der Waals surface area (Å²) < 4.78 is 38.6. The van der Waals surface area contributed by atoms with Crippen LogP contribution in [-0.4, -0.2) is 17.1 Å². The van der Waals surface area contributed by atoms with E-state index in [0.29, 0.717) is 5.69 Å². The van der Waals surface area contributed by atoms with E-state index >= 15 is 0 Å². The first-order valence-electron chi connectivity index (χ1n) is 6.59. The van der Waals surface area contributed by atoms with Crippen LogP contribution in [0.25, 0.3) is 0 Å². The molecule has 20 heavy (non-hydrogen) atoms. The van der Waals surface area contributed by atoms with Gasteiger partial charge in [-0.05, 0) is 31.0 Å². The van der Waals surface area contributed by atoms with Crippen LogP contribution in [0.15, 0.2) is 18.2 Å². The molecule has 1 aliphatic rings. The molecule has 1 saturated carbocycles. The normalized spacial score (nSPS) is 16.9. The molecule has 0 bridgehead atoms. The Labute approximate surface area is 114 Å². The summed E-state index contributed by atoms with van der Waals surface area (Å²) in [5, 5.41) is 11.9. The number of hydrogen-bond donors (Lipinski definition) is 2. The van der Waals surface area contributed by atoms with Crippen molar-refractivity contribution < 1.29 is 23.1 Å². The molecule has 110 valence electrons. The zero-order valence-electron chi connectivity index (χ0n) is 10.8. The molecule has 0 spiro atoms. The van der Waals surface area contributed by atoms with Crippen LogP contribution in [0.1, 0.15) is 48.0 Å². The lowest BCUT2D eigenvalue weighted by Crippen LogP contribution is -2.23. The third-order valence-corrected chi connectivity index (χ3v) is 3.53. The molecule has 0 amide bonds. The third kappa shape index (κ3) is 3.43. The van der Waals surface area contributed by atoms with E-state index in [1.807, 2.05) is 0 Å². The van der Waals surface area contributed by atoms with Crippen molar-refractivity contribution in [2.75, 3.05) is 5.32 Å². The van der Waals surface area contributed by atoms with Crippen molar-refractivity contribution >= 4 is 11.7 Å². The van der Waals surface area contributed by atoms with Crippen molar-refractivity contribution in [1.29, 1.82) is 0 Å². The fourth-order valence-electron chi connectivity index (χ4n) is 2.54. The van der Waals surface area contributed by atoms with Gasteiger partial charge in [0.1, 0.15) is 0 Å². The first-order valence-corrected chi connectivity index (χ1v) is 6.59. The molecule has 0 unspecified atom stereocenters. The molecule has 0 radical (unpaired) electrons. The summed E-state index contributed by atoms with van der Waals surface area (Å²) >= 11 is 0. The number of nitrogens with one attached hydrogen (secondary N) is 1. The van der Waals surface area contributed by atoms with Gasteiger partial charge in [0.15, 0.2) is 0 Å². The lowest BCUT2D eigenvalue weighted by Gasteiger charge is -2.24. The number of carboxylic acids is 1. The number of benzene rings is 1. The van der Waals surface area contributed by atoms with E-state index in [2.05, 4.69) is 5.32 Å². The van der Waals surface area contributed by atoms with E-state index in [1.165, 1.54) is 6.07 Å². The maximum absolute atomic E-state index is 12.9. The molecule has 0 aliphatic heterocycles. The number of rotatable bonds is 3. The Morgan fingerprint density at radius 2 is 1.85 bits per heavy atom. The number of halogens is 3. The van der Waals surface area contributed by atoms with Crippen LogP contribution in [0.3, 0.4) is 0 Å². The van der Waals surface area contributed by atoms with Gasteiger partial charge in [0.25, 0.3) is 0 Å². The second kappa shape index (κ2) is 5.73. The number of carbonyl (C=O) groups is 1. The second-order valence-electron chi connectivity index (χ2n) is 5.04. The topological polar surface area (TPSA) is 49.3 Å². The van der Waals surface area contributed by atoms with E-state index in [4.69, 9.17) is 5.11 Å². The summed E-state index contributed by atoms with van der Waals surface area (Å²) in [6.45, 7) is 0. The Bertz CT molecular complexity index is 494. The Hall–Kier alpha value is -1.72. The molecule has 1 aromatic carbocycles. The van der Waals surface area contributed by atoms with Gasteiger partial charge in [-0.25, -0.2) is 4.79 Å². The lowest BCUT2D eigenvalue weighted by molar-refractivity contribution is -0.138. The largest absolute Gasteiger partial charge is 0.478 e. The molecule has 0 saturated heterocycles. The highest BCUT2D eigenvalue weighted by Crippen LogP contribution is 2.34. The molecule has 6 heteroatoms. The molecule has 0 aromatic heterocycles. The van der Waals surface area contributed by atoms with E-state index in [1.54, 1.807) is 0 Å². The van der Waals surface area contributed by atoms with Crippen molar-refractivity contribution in [3.8, 4) is 0 Å². The van der Waals surface area contributed by atoms with Gasteiger partial charge in [0.05, 0.1) is 11.1 Å². The van der Waals surface area contributed by atoms with Gasteiger partial charge in [-0.1, -0.05) is 19.3 Å². The molecule has 2 N–H and O–H groups in total. The van der Waals surface area contributed by atoms with Crippen LogP contribution in [0.4, 0.5) is 18.9 Å². The predicted molar refractivity (Wildman–Crippen MR) is 68.9 cm³/mol. The monoisotopic (exact) mass is 287 g/mol. The van der Waals surface area contributed by atoms with Crippen LogP contribution in [0.5, 0.6) is 0 Å². The maximum Gasteiger partial charge on any atom is 0.417 e. The molecule has 1 aliphatic carbocycles. The minimum absolute atomic E-state index is 0.167. The first kappa shape index (κ1) is 14.7. The van der Waals surface area contributed by atoms with E-state index in [-0.39, 0.29) is 6.04 Å². The van der Waals surface area contributed by atoms with Gasteiger partial charge < -0.3 is 10.4 Å². The zero-order chi connectivity index (χ0) is 14.8. The summed E-state index contributed by atoms with van der Waals surface area (Å²) in [5.41, 5.74) is -1.49. The Balaban J connectivity index is 2.25. The molecule has 0 heterocycles. The van der Waals surface area contributed by atoms with Crippen molar-refractivity contribution in [2.24, 2.45) is 0 Å². The van der Waals surface area contributed by atoms with Gasteiger partial charge in [-0.3, -0.25) is 0 Å². The van der Waals surface area contributed by atoms with E-state index in [0.717, 1.165) is 44.2 Å². The van der Waals surface area contributed by atoms with Crippen LogP contribution in [0, 0.1) is 0 Å². The van der Waals surface area contributed by atoms with Gasteiger partial charge in [0.2, 0.25) is 0 Å². The standard InChI is InChI=1S/C14H16F3NO2/c15-14(16,17)12-8-10(6-7-11(12)13(19)20)18-9-4-2-1-3-5-9/h6-9,18H,1-5H2,(H,19,20). The molecular formula is C14H16F3NO2. The van der Waals surface area contributed by atoms with Crippen LogP contribution in [-0.2, 0) is 6.18 Å². The van der Waals surface area contributed by atoms with E-state index in [9.17, 15) is 18.0 Å². The minimum Gasteiger partial charge on any atom is -0.478 e. The summed E-state index contributed by atoms with van der Waals surface area (Å²) in [7, 11) is 0. The molecular weight excluding hydrogens is 271 g/mol. The van der Waals surface area contributed by atoms with Crippen LogP contribution >= 0.6 is 0 Å². The Morgan fingerprint density at radius 1 is 1.20 bits per heavy atom. The Morgan fingerprint density at radius 3 is 2.40 bits per heavy atom. The number of carboxylic acid groups (broad SMARTS) is 1. The lowest BCUT2D eigenvalue weighted by atomic mass is 9.95. The molecule has 2 rings (SSSR count). The van der Waals surface area contributed by atoms with Crippen LogP contribution in [0.2, 0.25) is 0 Å². The fraction of sp³-hybridized carbons (Fsp3) is 0.500. The Kier molecular flexibility index (Phi) is 4.20. The van der Waals surface area contributed by atoms with Gasteiger partial charge in [-0.2, -0.15) is 13.2 Å². The van der Waals surface area contributed by atoms with Gasteiger partial charge >= 0.3 is 12.1 Å². The average molecular weight is 287 g/mol.